The topological polar surface area (TPSA) is 52.6 Å². The Morgan fingerprint density at radius 1 is 1.44 bits per heavy atom. The van der Waals surface area contributed by atoms with E-state index in [-0.39, 0.29) is 23.9 Å². The summed E-state index contributed by atoms with van der Waals surface area (Å²) in [6, 6.07) is 4.78. The molecule has 1 aromatic carbocycles. The quantitative estimate of drug-likeness (QED) is 0.822. The number of piperidine rings is 1. The summed E-state index contributed by atoms with van der Waals surface area (Å²) in [5.74, 6) is -0.117. The number of hydrogen-bond acceptors (Lipinski definition) is 3. The van der Waals surface area contributed by atoms with Crippen molar-refractivity contribution in [1.82, 2.24) is 10.2 Å². The van der Waals surface area contributed by atoms with Crippen molar-refractivity contribution >= 4 is 5.91 Å². The number of benzene rings is 1. The van der Waals surface area contributed by atoms with E-state index in [2.05, 4.69) is 5.32 Å². The van der Waals surface area contributed by atoms with Crippen molar-refractivity contribution in [2.75, 3.05) is 26.2 Å². The molecule has 140 valence electrons. The van der Waals surface area contributed by atoms with Gasteiger partial charge in [0.1, 0.15) is 0 Å². The van der Waals surface area contributed by atoms with E-state index in [0.717, 1.165) is 37.9 Å². The molecule has 1 aliphatic heterocycles. The van der Waals surface area contributed by atoms with Gasteiger partial charge < -0.3 is 10.4 Å². The zero-order valence-electron chi connectivity index (χ0n) is 14.4. The second kappa shape index (κ2) is 8.67. The molecule has 25 heavy (non-hydrogen) atoms. The molecule has 1 aromatic rings. The molecule has 2 rings (SSSR count). The fourth-order valence-electron chi connectivity index (χ4n) is 3.10. The lowest BCUT2D eigenvalue weighted by atomic mass is 9.96. The molecule has 2 N–H and O–H groups in total. The predicted molar refractivity (Wildman–Crippen MR) is 88.9 cm³/mol. The molecule has 1 fully saturated rings. The van der Waals surface area contributed by atoms with E-state index in [9.17, 15) is 23.1 Å². The normalized spacial score (nSPS) is 20.3. The van der Waals surface area contributed by atoms with Gasteiger partial charge in [0.2, 0.25) is 5.91 Å². The van der Waals surface area contributed by atoms with E-state index < -0.39 is 17.8 Å². The maximum Gasteiger partial charge on any atom is 0.416 e. The largest absolute Gasteiger partial charge is 0.416 e. The first kappa shape index (κ1) is 19.7. The van der Waals surface area contributed by atoms with Crippen LogP contribution in [0.2, 0.25) is 0 Å². The standard InChI is InChI=1S/C18H25F3N2O2/c1-2-8-22-17(25)14-6-4-9-23(11-14)12-16(24)13-5-3-7-15(10-13)18(19,20)21/h3,5,7,10,14,16,24H,2,4,6,8-9,11-12H2,1H3,(H,22,25)/t14-,16-/m0/s1. The molecule has 0 saturated carbocycles. The van der Waals surface area contributed by atoms with Crippen LogP contribution < -0.4 is 5.32 Å². The lowest BCUT2D eigenvalue weighted by Gasteiger charge is -2.33. The van der Waals surface area contributed by atoms with Crippen molar-refractivity contribution in [2.45, 2.75) is 38.5 Å². The Labute approximate surface area is 146 Å². The minimum atomic E-state index is -4.43. The Morgan fingerprint density at radius 2 is 2.20 bits per heavy atom. The van der Waals surface area contributed by atoms with Crippen LogP contribution in [-0.2, 0) is 11.0 Å². The first-order valence-electron chi connectivity index (χ1n) is 8.66. The molecule has 0 spiro atoms. The SMILES string of the molecule is CCCNC(=O)[C@H]1CCCN(C[C@H](O)c2cccc(C(F)(F)F)c2)C1. The van der Waals surface area contributed by atoms with Crippen LogP contribution in [0.5, 0.6) is 0 Å². The summed E-state index contributed by atoms with van der Waals surface area (Å²) in [4.78, 5) is 14.0. The predicted octanol–water partition coefficient (Wildman–Crippen LogP) is 2.98. The first-order valence-corrected chi connectivity index (χ1v) is 8.66. The molecule has 1 saturated heterocycles. The number of alkyl halides is 3. The Morgan fingerprint density at radius 3 is 2.88 bits per heavy atom. The van der Waals surface area contributed by atoms with Crippen LogP contribution in [-0.4, -0.2) is 42.1 Å². The number of aliphatic hydroxyl groups is 1. The first-order chi connectivity index (χ1) is 11.8. The summed E-state index contributed by atoms with van der Waals surface area (Å²) >= 11 is 0. The molecule has 0 unspecified atom stereocenters. The fraction of sp³-hybridized carbons (Fsp3) is 0.611. The van der Waals surface area contributed by atoms with Gasteiger partial charge >= 0.3 is 6.18 Å². The third kappa shape index (κ3) is 5.71. The van der Waals surface area contributed by atoms with Gasteiger partial charge in [-0.1, -0.05) is 19.1 Å². The highest BCUT2D eigenvalue weighted by molar-refractivity contribution is 5.78. The van der Waals surface area contributed by atoms with E-state index >= 15 is 0 Å². The average Bonchev–Trinajstić information content (AvgIpc) is 2.59. The lowest BCUT2D eigenvalue weighted by Crippen LogP contribution is -2.44. The Kier molecular flexibility index (Phi) is 6.84. The summed E-state index contributed by atoms with van der Waals surface area (Å²) in [5, 5.41) is 13.2. The average molecular weight is 358 g/mol. The summed E-state index contributed by atoms with van der Waals surface area (Å²) in [7, 11) is 0. The van der Waals surface area contributed by atoms with Gasteiger partial charge in [-0.25, -0.2) is 0 Å². The summed E-state index contributed by atoms with van der Waals surface area (Å²) < 4.78 is 38.4. The van der Waals surface area contributed by atoms with Crippen LogP contribution in [0.4, 0.5) is 13.2 Å². The number of hydrogen-bond donors (Lipinski definition) is 2. The van der Waals surface area contributed by atoms with E-state index in [4.69, 9.17) is 0 Å². The van der Waals surface area contributed by atoms with Crippen molar-refractivity contribution in [2.24, 2.45) is 5.92 Å². The lowest BCUT2D eigenvalue weighted by molar-refractivity contribution is -0.137. The number of likely N-dealkylation sites (tertiary alicyclic amines) is 1. The minimum absolute atomic E-state index is 0.0140. The molecular weight excluding hydrogens is 333 g/mol. The highest BCUT2D eigenvalue weighted by atomic mass is 19.4. The van der Waals surface area contributed by atoms with Gasteiger partial charge in [-0.3, -0.25) is 9.69 Å². The third-order valence-electron chi connectivity index (χ3n) is 4.46. The summed E-state index contributed by atoms with van der Waals surface area (Å²) in [6.45, 7) is 4.10. The third-order valence-corrected chi connectivity index (χ3v) is 4.46. The number of carbonyl (C=O) groups is 1. The zero-order valence-corrected chi connectivity index (χ0v) is 14.4. The van der Waals surface area contributed by atoms with Crippen LogP contribution in [0.3, 0.4) is 0 Å². The minimum Gasteiger partial charge on any atom is -0.387 e. The van der Waals surface area contributed by atoms with Crippen molar-refractivity contribution in [1.29, 1.82) is 0 Å². The van der Waals surface area contributed by atoms with Crippen LogP contribution in [0.1, 0.15) is 43.4 Å². The second-order valence-electron chi connectivity index (χ2n) is 6.53. The van der Waals surface area contributed by atoms with Crippen LogP contribution >= 0.6 is 0 Å². The van der Waals surface area contributed by atoms with E-state index in [0.29, 0.717) is 13.1 Å². The van der Waals surface area contributed by atoms with Gasteiger partial charge in [-0.15, -0.1) is 0 Å². The van der Waals surface area contributed by atoms with E-state index in [1.807, 2.05) is 11.8 Å². The maximum atomic E-state index is 12.8. The van der Waals surface area contributed by atoms with Crippen LogP contribution in [0.25, 0.3) is 0 Å². The molecular formula is C18H25F3N2O2. The molecule has 1 heterocycles. The van der Waals surface area contributed by atoms with Gasteiger partial charge in [0, 0.05) is 19.6 Å². The number of amides is 1. The van der Waals surface area contributed by atoms with Crippen molar-refractivity contribution in [3.63, 3.8) is 0 Å². The van der Waals surface area contributed by atoms with Gasteiger partial charge in [-0.2, -0.15) is 13.2 Å². The molecule has 0 radical (unpaired) electrons. The smallest absolute Gasteiger partial charge is 0.387 e. The highest BCUT2D eigenvalue weighted by Gasteiger charge is 2.31. The number of aliphatic hydroxyl groups excluding tert-OH is 1. The molecule has 1 aliphatic rings. The van der Waals surface area contributed by atoms with Gasteiger partial charge in [-0.05, 0) is 43.5 Å². The molecule has 0 bridgehead atoms. The molecule has 1 amide bonds. The molecule has 7 heteroatoms. The molecule has 2 atom stereocenters. The van der Waals surface area contributed by atoms with E-state index in [1.54, 1.807) is 0 Å². The highest BCUT2D eigenvalue weighted by Crippen LogP contribution is 2.31. The van der Waals surface area contributed by atoms with Gasteiger partial charge in [0.25, 0.3) is 0 Å². The summed E-state index contributed by atoms with van der Waals surface area (Å²) in [5.41, 5.74) is -0.521. The second-order valence-corrected chi connectivity index (χ2v) is 6.53. The fourth-order valence-corrected chi connectivity index (χ4v) is 3.10. The van der Waals surface area contributed by atoms with Gasteiger partial charge in [0.15, 0.2) is 0 Å². The van der Waals surface area contributed by atoms with Crippen molar-refractivity contribution in [3.05, 3.63) is 35.4 Å². The number of nitrogens with one attached hydrogen (secondary N) is 1. The zero-order chi connectivity index (χ0) is 18.4. The molecule has 0 aromatic heterocycles. The maximum absolute atomic E-state index is 12.8. The van der Waals surface area contributed by atoms with E-state index in [1.165, 1.54) is 12.1 Å². The Balaban J connectivity index is 1.96. The van der Waals surface area contributed by atoms with Crippen LogP contribution in [0.15, 0.2) is 24.3 Å². The number of β-amino-alcohol motifs (C(OH)–C–C–N with tert-alkyl or cyclic N) is 1. The van der Waals surface area contributed by atoms with Gasteiger partial charge in [0.05, 0.1) is 17.6 Å². The molecule has 4 nitrogen and oxygen atoms in total. The molecule has 0 aliphatic carbocycles. The number of nitrogens with zero attached hydrogens (tertiary/aromatic N) is 1. The number of carbonyl (C=O) groups excluding carboxylic acids is 1. The number of halogens is 3. The van der Waals surface area contributed by atoms with Crippen molar-refractivity contribution < 1.29 is 23.1 Å². The Bertz CT molecular complexity index is 578. The number of rotatable bonds is 6. The van der Waals surface area contributed by atoms with Crippen molar-refractivity contribution in [3.8, 4) is 0 Å². The Hall–Kier alpha value is -1.60. The van der Waals surface area contributed by atoms with Crippen LogP contribution in [0, 0.1) is 5.92 Å². The summed E-state index contributed by atoms with van der Waals surface area (Å²) in [6.07, 6.45) is -2.94. The monoisotopic (exact) mass is 358 g/mol.